The van der Waals surface area contributed by atoms with Crippen LogP contribution in [0.3, 0.4) is 0 Å². The summed E-state index contributed by atoms with van der Waals surface area (Å²) in [5.74, 6) is 0.0989. The molecule has 1 aliphatic rings. The van der Waals surface area contributed by atoms with Gasteiger partial charge in [0, 0.05) is 12.6 Å². The number of aromatic hydroxyl groups is 1. The van der Waals surface area contributed by atoms with Crippen molar-refractivity contribution in [3.8, 4) is 5.75 Å². The SMILES string of the molecule is N[C@@H](Cc1ccc(O)cc1)C(=O)N(CCO)C1CCC1. The number of benzene rings is 1. The first-order valence-electron chi connectivity index (χ1n) is 7.06. The molecule has 110 valence electrons. The van der Waals surface area contributed by atoms with Crippen molar-refractivity contribution in [2.24, 2.45) is 5.73 Å². The molecule has 1 amide bonds. The van der Waals surface area contributed by atoms with E-state index < -0.39 is 6.04 Å². The van der Waals surface area contributed by atoms with Crippen molar-refractivity contribution in [3.63, 3.8) is 0 Å². The highest BCUT2D eigenvalue weighted by Gasteiger charge is 2.31. The van der Waals surface area contributed by atoms with Crippen LogP contribution in [0.1, 0.15) is 24.8 Å². The van der Waals surface area contributed by atoms with E-state index in [1.54, 1.807) is 29.2 Å². The molecule has 2 rings (SSSR count). The van der Waals surface area contributed by atoms with Crippen LogP contribution in [0.4, 0.5) is 0 Å². The van der Waals surface area contributed by atoms with Gasteiger partial charge in [-0.2, -0.15) is 0 Å². The second-order valence-corrected chi connectivity index (χ2v) is 5.32. The first kappa shape index (κ1) is 14.8. The molecule has 1 aromatic carbocycles. The lowest BCUT2D eigenvalue weighted by molar-refractivity contribution is -0.137. The Labute approximate surface area is 119 Å². The third-order valence-corrected chi connectivity index (χ3v) is 3.85. The van der Waals surface area contributed by atoms with Gasteiger partial charge in [-0.15, -0.1) is 0 Å². The van der Waals surface area contributed by atoms with Crippen LogP contribution in [0, 0.1) is 0 Å². The van der Waals surface area contributed by atoms with Gasteiger partial charge in [0.2, 0.25) is 5.91 Å². The first-order chi connectivity index (χ1) is 9.61. The zero-order chi connectivity index (χ0) is 14.5. The molecule has 5 nitrogen and oxygen atoms in total. The second-order valence-electron chi connectivity index (χ2n) is 5.32. The minimum Gasteiger partial charge on any atom is -0.508 e. The molecule has 0 aliphatic heterocycles. The van der Waals surface area contributed by atoms with Crippen LogP contribution in [-0.2, 0) is 11.2 Å². The fraction of sp³-hybridized carbons (Fsp3) is 0.533. The van der Waals surface area contributed by atoms with Crippen molar-refractivity contribution >= 4 is 5.91 Å². The summed E-state index contributed by atoms with van der Waals surface area (Å²) < 4.78 is 0. The van der Waals surface area contributed by atoms with Crippen LogP contribution in [0.2, 0.25) is 0 Å². The molecule has 20 heavy (non-hydrogen) atoms. The predicted octanol–water partition coefficient (Wildman–Crippen LogP) is 0.635. The molecule has 1 atom stereocenters. The molecule has 0 saturated heterocycles. The quantitative estimate of drug-likeness (QED) is 0.712. The number of phenolic OH excluding ortho intramolecular Hbond substituents is 1. The van der Waals surface area contributed by atoms with Crippen molar-refractivity contribution in [2.45, 2.75) is 37.8 Å². The van der Waals surface area contributed by atoms with Crippen LogP contribution < -0.4 is 5.73 Å². The molecular formula is C15H22N2O3. The van der Waals surface area contributed by atoms with E-state index in [4.69, 9.17) is 10.8 Å². The van der Waals surface area contributed by atoms with E-state index in [1.807, 2.05) is 0 Å². The maximum atomic E-state index is 12.4. The first-order valence-corrected chi connectivity index (χ1v) is 7.06. The van der Waals surface area contributed by atoms with E-state index in [0.29, 0.717) is 13.0 Å². The Morgan fingerprint density at radius 3 is 2.50 bits per heavy atom. The number of hydrogen-bond donors (Lipinski definition) is 3. The second kappa shape index (κ2) is 6.72. The zero-order valence-corrected chi connectivity index (χ0v) is 11.5. The van der Waals surface area contributed by atoms with Crippen LogP contribution in [0.5, 0.6) is 5.75 Å². The average molecular weight is 278 g/mol. The number of aliphatic hydroxyl groups excluding tert-OH is 1. The zero-order valence-electron chi connectivity index (χ0n) is 11.5. The van der Waals surface area contributed by atoms with Crippen molar-refractivity contribution in [2.75, 3.05) is 13.2 Å². The number of nitrogens with zero attached hydrogens (tertiary/aromatic N) is 1. The lowest BCUT2D eigenvalue weighted by Gasteiger charge is -2.38. The third kappa shape index (κ3) is 3.49. The highest BCUT2D eigenvalue weighted by molar-refractivity contribution is 5.82. The minimum absolute atomic E-state index is 0.0336. The van der Waals surface area contributed by atoms with Crippen LogP contribution in [0.15, 0.2) is 24.3 Å². The molecule has 5 heteroatoms. The summed E-state index contributed by atoms with van der Waals surface area (Å²) in [7, 11) is 0. The van der Waals surface area contributed by atoms with Crippen molar-refractivity contribution in [1.29, 1.82) is 0 Å². The van der Waals surface area contributed by atoms with Gasteiger partial charge in [0.25, 0.3) is 0 Å². The maximum Gasteiger partial charge on any atom is 0.240 e. The summed E-state index contributed by atoms with van der Waals surface area (Å²) in [4.78, 5) is 14.1. The van der Waals surface area contributed by atoms with Gasteiger partial charge in [-0.1, -0.05) is 12.1 Å². The van der Waals surface area contributed by atoms with E-state index in [-0.39, 0.29) is 24.3 Å². The molecule has 1 aromatic rings. The van der Waals surface area contributed by atoms with E-state index in [0.717, 1.165) is 24.8 Å². The van der Waals surface area contributed by atoms with Crippen molar-refractivity contribution < 1.29 is 15.0 Å². The van der Waals surface area contributed by atoms with Crippen molar-refractivity contribution in [1.82, 2.24) is 4.90 Å². The van der Waals surface area contributed by atoms with Gasteiger partial charge in [0.05, 0.1) is 12.6 Å². The average Bonchev–Trinajstić information content (AvgIpc) is 2.38. The number of carbonyl (C=O) groups excluding carboxylic acids is 1. The molecule has 0 unspecified atom stereocenters. The van der Waals surface area contributed by atoms with Crippen LogP contribution in [0.25, 0.3) is 0 Å². The summed E-state index contributed by atoms with van der Waals surface area (Å²) in [6.45, 7) is 0.320. The number of rotatable bonds is 6. The fourth-order valence-electron chi connectivity index (χ4n) is 2.47. The Morgan fingerprint density at radius 2 is 2.00 bits per heavy atom. The van der Waals surface area contributed by atoms with Gasteiger partial charge in [-0.3, -0.25) is 4.79 Å². The topological polar surface area (TPSA) is 86.8 Å². The Morgan fingerprint density at radius 1 is 1.35 bits per heavy atom. The van der Waals surface area contributed by atoms with Gasteiger partial charge in [-0.05, 0) is 43.4 Å². The van der Waals surface area contributed by atoms with E-state index in [9.17, 15) is 9.90 Å². The summed E-state index contributed by atoms with van der Waals surface area (Å²) in [6, 6.07) is 6.34. The molecule has 1 saturated carbocycles. The standard InChI is InChI=1S/C15H22N2O3/c16-14(10-11-4-6-13(19)7-5-11)15(20)17(8-9-18)12-2-1-3-12/h4-7,12,14,18-19H,1-3,8-10,16H2/t14-/m0/s1. The predicted molar refractivity (Wildman–Crippen MR) is 76.2 cm³/mol. The number of carbonyl (C=O) groups is 1. The minimum atomic E-state index is -0.605. The Bertz CT molecular complexity index is 443. The van der Waals surface area contributed by atoms with Gasteiger partial charge in [0.15, 0.2) is 0 Å². The summed E-state index contributed by atoms with van der Waals surface area (Å²) in [5, 5.41) is 18.3. The van der Waals surface area contributed by atoms with Crippen LogP contribution in [-0.4, -0.2) is 46.3 Å². The summed E-state index contributed by atoms with van der Waals surface area (Å²) >= 11 is 0. The van der Waals surface area contributed by atoms with E-state index in [2.05, 4.69) is 0 Å². The Kier molecular flexibility index (Phi) is 4.98. The van der Waals surface area contributed by atoms with Gasteiger partial charge >= 0.3 is 0 Å². The number of amides is 1. The molecule has 4 N–H and O–H groups in total. The lowest BCUT2D eigenvalue weighted by Crippen LogP contribution is -2.52. The smallest absolute Gasteiger partial charge is 0.240 e. The molecule has 1 fully saturated rings. The van der Waals surface area contributed by atoms with Gasteiger partial charge in [0.1, 0.15) is 5.75 Å². The Hall–Kier alpha value is -1.59. The number of aliphatic hydroxyl groups is 1. The number of phenols is 1. The number of nitrogens with two attached hydrogens (primary N) is 1. The molecular weight excluding hydrogens is 256 g/mol. The molecule has 0 heterocycles. The third-order valence-electron chi connectivity index (χ3n) is 3.85. The Balaban J connectivity index is 1.97. The van der Waals surface area contributed by atoms with Gasteiger partial charge < -0.3 is 20.8 Å². The lowest BCUT2D eigenvalue weighted by atomic mass is 9.90. The highest BCUT2D eigenvalue weighted by Crippen LogP contribution is 2.25. The van der Waals surface area contributed by atoms with Crippen LogP contribution >= 0.6 is 0 Å². The largest absolute Gasteiger partial charge is 0.508 e. The van der Waals surface area contributed by atoms with Gasteiger partial charge in [-0.25, -0.2) is 0 Å². The molecule has 1 aliphatic carbocycles. The maximum absolute atomic E-state index is 12.4. The molecule has 0 aromatic heterocycles. The highest BCUT2D eigenvalue weighted by atomic mass is 16.3. The number of hydrogen-bond acceptors (Lipinski definition) is 4. The molecule has 0 radical (unpaired) electrons. The monoisotopic (exact) mass is 278 g/mol. The summed E-state index contributed by atoms with van der Waals surface area (Å²) in [6.07, 6.45) is 3.57. The van der Waals surface area contributed by atoms with E-state index in [1.165, 1.54) is 0 Å². The fourth-order valence-corrected chi connectivity index (χ4v) is 2.47. The van der Waals surface area contributed by atoms with Crippen molar-refractivity contribution in [3.05, 3.63) is 29.8 Å². The normalized spacial score (nSPS) is 16.5. The van der Waals surface area contributed by atoms with E-state index >= 15 is 0 Å². The summed E-state index contributed by atoms with van der Waals surface area (Å²) in [5.41, 5.74) is 6.92. The molecule has 0 bridgehead atoms. The molecule has 0 spiro atoms.